The number of hydrogen-bond acceptors (Lipinski definition) is 4. The molecule has 0 aromatic heterocycles. The van der Waals surface area contributed by atoms with Crippen LogP contribution >= 0.6 is 24.0 Å². The Morgan fingerprint density at radius 3 is 2.62 bits per heavy atom. The van der Waals surface area contributed by atoms with Crippen molar-refractivity contribution in [2.24, 2.45) is 4.99 Å². The van der Waals surface area contributed by atoms with Crippen molar-refractivity contribution in [3.63, 3.8) is 0 Å². The van der Waals surface area contributed by atoms with Gasteiger partial charge >= 0.3 is 5.97 Å². The standard InChI is InChI=1S/C16H13NO2S2/c1-11(16(18)19)14-9-12(17-10-20)7-8-15(14)21-13-5-3-2-4-6-13/h2-9,11H,1H3,(H,18,19). The summed E-state index contributed by atoms with van der Waals surface area (Å²) < 4.78 is 0. The third-order valence-corrected chi connectivity index (χ3v) is 4.17. The lowest BCUT2D eigenvalue weighted by atomic mass is 10.0. The van der Waals surface area contributed by atoms with Gasteiger partial charge in [0.2, 0.25) is 0 Å². The van der Waals surface area contributed by atoms with Gasteiger partial charge in [-0.25, -0.2) is 0 Å². The molecule has 5 heteroatoms. The van der Waals surface area contributed by atoms with Crippen LogP contribution < -0.4 is 0 Å². The minimum Gasteiger partial charge on any atom is -0.481 e. The molecule has 1 unspecified atom stereocenters. The minimum absolute atomic E-state index is 0.614. The summed E-state index contributed by atoms with van der Waals surface area (Å²) in [4.78, 5) is 17.2. The maximum atomic E-state index is 11.3. The second-order valence-electron chi connectivity index (χ2n) is 4.40. The lowest BCUT2D eigenvalue weighted by Gasteiger charge is -2.13. The average molecular weight is 315 g/mol. The third-order valence-electron chi connectivity index (χ3n) is 2.98. The fourth-order valence-electron chi connectivity index (χ4n) is 1.84. The highest BCUT2D eigenvalue weighted by Gasteiger charge is 2.18. The van der Waals surface area contributed by atoms with Gasteiger partial charge in [0.15, 0.2) is 0 Å². The molecular formula is C16H13NO2S2. The van der Waals surface area contributed by atoms with E-state index in [0.29, 0.717) is 5.69 Å². The minimum atomic E-state index is -0.867. The van der Waals surface area contributed by atoms with Crippen LogP contribution in [0.3, 0.4) is 0 Å². The molecule has 0 spiro atoms. The van der Waals surface area contributed by atoms with Crippen molar-refractivity contribution >= 4 is 40.8 Å². The summed E-state index contributed by atoms with van der Waals surface area (Å²) in [7, 11) is 0. The van der Waals surface area contributed by atoms with Gasteiger partial charge in [0.25, 0.3) is 0 Å². The summed E-state index contributed by atoms with van der Waals surface area (Å²) in [5, 5.41) is 11.6. The van der Waals surface area contributed by atoms with Gasteiger partial charge in [-0.1, -0.05) is 30.0 Å². The first kappa shape index (κ1) is 15.4. The Balaban J connectivity index is 2.44. The number of isothiocyanates is 1. The molecule has 0 radical (unpaired) electrons. The summed E-state index contributed by atoms with van der Waals surface area (Å²) in [6.45, 7) is 1.66. The normalized spacial score (nSPS) is 11.5. The van der Waals surface area contributed by atoms with Crippen LogP contribution in [0.4, 0.5) is 5.69 Å². The predicted octanol–water partition coefficient (Wildman–Crippen LogP) is 4.76. The van der Waals surface area contributed by atoms with E-state index in [-0.39, 0.29) is 0 Å². The average Bonchev–Trinajstić information content (AvgIpc) is 2.49. The third kappa shape index (κ3) is 4.02. The number of nitrogens with zero attached hydrogens (tertiary/aromatic N) is 1. The molecule has 0 amide bonds. The Hall–Kier alpha value is -1.94. The number of carboxylic acids is 1. The van der Waals surface area contributed by atoms with Crippen molar-refractivity contribution in [2.45, 2.75) is 22.6 Å². The molecule has 0 heterocycles. The van der Waals surface area contributed by atoms with E-state index in [2.05, 4.69) is 22.4 Å². The fraction of sp³-hybridized carbons (Fsp3) is 0.125. The van der Waals surface area contributed by atoms with E-state index in [1.807, 2.05) is 42.5 Å². The van der Waals surface area contributed by atoms with Crippen molar-refractivity contribution in [1.82, 2.24) is 0 Å². The fourth-order valence-corrected chi connectivity index (χ4v) is 2.98. The van der Waals surface area contributed by atoms with Crippen LogP contribution in [0.1, 0.15) is 18.4 Å². The Morgan fingerprint density at radius 1 is 1.29 bits per heavy atom. The number of hydrogen-bond donors (Lipinski definition) is 1. The Labute approximate surface area is 132 Å². The first-order valence-corrected chi connectivity index (χ1v) is 7.52. The van der Waals surface area contributed by atoms with Crippen molar-refractivity contribution < 1.29 is 9.90 Å². The largest absolute Gasteiger partial charge is 0.481 e. The van der Waals surface area contributed by atoms with E-state index in [4.69, 9.17) is 0 Å². The van der Waals surface area contributed by atoms with Crippen LogP contribution in [-0.4, -0.2) is 16.2 Å². The molecule has 3 nitrogen and oxygen atoms in total. The number of carbonyl (C=O) groups is 1. The molecular weight excluding hydrogens is 302 g/mol. The molecule has 0 aliphatic heterocycles. The molecule has 0 saturated carbocycles. The van der Waals surface area contributed by atoms with Crippen molar-refractivity contribution in [2.75, 3.05) is 0 Å². The predicted molar refractivity (Wildman–Crippen MR) is 87.7 cm³/mol. The number of carboxylic acid groups (broad SMARTS) is 1. The van der Waals surface area contributed by atoms with Crippen molar-refractivity contribution in [3.8, 4) is 0 Å². The van der Waals surface area contributed by atoms with Crippen molar-refractivity contribution in [1.29, 1.82) is 0 Å². The van der Waals surface area contributed by atoms with Gasteiger partial charge in [-0.3, -0.25) is 4.79 Å². The van der Waals surface area contributed by atoms with E-state index >= 15 is 0 Å². The zero-order chi connectivity index (χ0) is 15.2. The summed E-state index contributed by atoms with van der Waals surface area (Å²) in [5.74, 6) is -1.48. The summed E-state index contributed by atoms with van der Waals surface area (Å²) >= 11 is 6.13. The van der Waals surface area contributed by atoms with Gasteiger partial charge in [0.05, 0.1) is 16.8 Å². The highest BCUT2D eigenvalue weighted by molar-refractivity contribution is 7.99. The highest BCUT2D eigenvalue weighted by atomic mass is 32.2. The summed E-state index contributed by atoms with van der Waals surface area (Å²) in [5.41, 5.74) is 1.34. The Morgan fingerprint density at radius 2 is 2.00 bits per heavy atom. The molecule has 0 aliphatic carbocycles. The van der Waals surface area contributed by atoms with E-state index in [0.717, 1.165) is 15.4 Å². The Bertz CT molecular complexity index is 695. The lowest BCUT2D eigenvalue weighted by molar-refractivity contribution is -0.138. The zero-order valence-electron chi connectivity index (χ0n) is 11.3. The molecule has 1 N–H and O–H groups in total. The molecule has 0 fully saturated rings. The van der Waals surface area contributed by atoms with E-state index in [1.54, 1.807) is 13.0 Å². The van der Waals surface area contributed by atoms with Crippen LogP contribution in [-0.2, 0) is 4.79 Å². The first-order chi connectivity index (χ1) is 10.1. The van der Waals surface area contributed by atoms with E-state index in [1.165, 1.54) is 11.8 Å². The van der Waals surface area contributed by atoms with Crippen LogP contribution in [0.15, 0.2) is 63.3 Å². The molecule has 2 rings (SSSR count). The zero-order valence-corrected chi connectivity index (χ0v) is 12.9. The van der Waals surface area contributed by atoms with Crippen LogP contribution in [0.5, 0.6) is 0 Å². The quantitative estimate of drug-likeness (QED) is 0.638. The molecule has 106 valence electrons. The van der Waals surface area contributed by atoms with Gasteiger partial charge in [-0.2, -0.15) is 4.99 Å². The van der Waals surface area contributed by atoms with Crippen LogP contribution in [0.25, 0.3) is 0 Å². The van der Waals surface area contributed by atoms with Crippen molar-refractivity contribution in [3.05, 3.63) is 54.1 Å². The topological polar surface area (TPSA) is 49.7 Å². The maximum Gasteiger partial charge on any atom is 0.310 e. The molecule has 21 heavy (non-hydrogen) atoms. The number of aliphatic imine (C=N–C) groups is 1. The van der Waals surface area contributed by atoms with Gasteiger partial charge in [0, 0.05) is 9.79 Å². The first-order valence-electron chi connectivity index (χ1n) is 6.29. The molecule has 0 aliphatic rings. The number of aliphatic carboxylic acids is 1. The smallest absolute Gasteiger partial charge is 0.310 e. The Kier molecular flexibility index (Phi) is 5.28. The summed E-state index contributed by atoms with van der Waals surface area (Å²) in [6.07, 6.45) is 0. The number of rotatable bonds is 5. The van der Waals surface area contributed by atoms with Crippen LogP contribution in [0.2, 0.25) is 0 Å². The van der Waals surface area contributed by atoms with Gasteiger partial charge in [-0.05, 0) is 55.0 Å². The lowest BCUT2D eigenvalue weighted by Crippen LogP contribution is -2.08. The molecule has 2 aromatic rings. The number of benzene rings is 2. The molecule has 0 saturated heterocycles. The molecule has 2 aromatic carbocycles. The maximum absolute atomic E-state index is 11.3. The van der Waals surface area contributed by atoms with Gasteiger partial charge in [0.1, 0.15) is 0 Å². The second-order valence-corrected chi connectivity index (χ2v) is 5.70. The molecule has 1 atom stereocenters. The van der Waals surface area contributed by atoms with E-state index < -0.39 is 11.9 Å². The van der Waals surface area contributed by atoms with Gasteiger partial charge < -0.3 is 5.11 Å². The highest BCUT2D eigenvalue weighted by Crippen LogP contribution is 2.36. The molecule has 0 bridgehead atoms. The monoisotopic (exact) mass is 315 g/mol. The van der Waals surface area contributed by atoms with E-state index in [9.17, 15) is 9.90 Å². The second kappa shape index (κ2) is 7.18. The summed E-state index contributed by atoms with van der Waals surface area (Å²) in [6, 6.07) is 15.3. The van der Waals surface area contributed by atoms with Crippen LogP contribution in [0, 0.1) is 0 Å². The van der Waals surface area contributed by atoms with Gasteiger partial charge in [-0.15, -0.1) is 0 Å². The number of thiocarbonyl (C=S) groups is 1. The SMILES string of the molecule is CC(C(=O)O)c1cc(N=C=S)ccc1Sc1ccccc1.